The third kappa shape index (κ3) is 3.23. The molecular formula is C13H8Br2FNO. The van der Waals surface area contributed by atoms with Gasteiger partial charge in [-0.2, -0.15) is 0 Å². The SMILES string of the molecule is O=C(Cc1ccc(Br)cc1F)c1cncc(Br)c1. The van der Waals surface area contributed by atoms with Gasteiger partial charge in [0.25, 0.3) is 0 Å². The van der Waals surface area contributed by atoms with Crippen LogP contribution in [0.1, 0.15) is 15.9 Å². The van der Waals surface area contributed by atoms with E-state index in [2.05, 4.69) is 36.8 Å². The molecule has 0 unspecified atom stereocenters. The first kappa shape index (κ1) is 13.4. The van der Waals surface area contributed by atoms with Crippen molar-refractivity contribution in [2.45, 2.75) is 6.42 Å². The van der Waals surface area contributed by atoms with Crippen molar-refractivity contribution in [3.63, 3.8) is 0 Å². The third-order valence-corrected chi connectivity index (χ3v) is 3.32. The second kappa shape index (κ2) is 5.71. The van der Waals surface area contributed by atoms with Gasteiger partial charge in [0.15, 0.2) is 5.78 Å². The number of hydrogen-bond acceptors (Lipinski definition) is 2. The van der Waals surface area contributed by atoms with Crippen LogP contribution in [0.25, 0.3) is 0 Å². The fourth-order valence-corrected chi connectivity index (χ4v) is 2.20. The summed E-state index contributed by atoms with van der Waals surface area (Å²) in [5, 5.41) is 0. The van der Waals surface area contributed by atoms with E-state index in [-0.39, 0.29) is 18.0 Å². The largest absolute Gasteiger partial charge is 0.294 e. The normalized spacial score (nSPS) is 10.4. The van der Waals surface area contributed by atoms with Crippen LogP contribution in [0, 0.1) is 5.82 Å². The topological polar surface area (TPSA) is 30.0 Å². The number of nitrogens with zero attached hydrogens (tertiary/aromatic N) is 1. The van der Waals surface area contributed by atoms with Crippen molar-refractivity contribution in [2.24, 2.45) is 0 Å². The molecule has 1 aromatic carbocycles. The Morgan fingerprint density at radius 1 is 1.17 bits per heavy atom. The lowest BCUT2D eigenvalue weighted by molar-refractivity contribution is 0.0991. The van der Waals surface area contributed by atoms with Crippen molar-refractivity contribution in [3.8, 4) is 0 Å². The molecule has 2 aromatic rings. The molecule has 1 aromatic heterocycles. The molecule has 1 heterocycles. The summed E-state index contributed by atoms with van der Waals surface area (Å²) in [6.07, 6.45) is 3.10. The van der Waals surface area contributed by atoms with Crippen LogP contribution in [-0.2, 0) is 6.42 Å². The Morgan fingerprint density at radius 2 is 1.94 bits per heavy atom. The van der Waals surface area contributed by atoms with Gasteiger partial charge in [0.2, 0.25) is 0 Å². The molecule has 0 aliphatic rings. The lowest BCUT2D eigenvalue weighted by Crippen LogP contribution is -2.05. The first-order valence-corrected chi connectivity index (χ1v) is 6.72. The van der Waals surface area contributed by atoms with Crippen LogP contribution in [0.2, 0.25) is 0 Å². The number of aromatic nitrogens is 1. The molecule has 0 fully saturated rings. The predicted molar refractivity (Wildman–Crippen MR) is 74.1 cm³/mol. The highest BCUT2D eigenvalue weighted by atomic mass is 79.9. The minimum Gasteiger partial charge on any atom is -0.294 e. The number of rotatable bonds is 3. The van der Waals surface area contributed by atoms with Gasteiger partial charge in [0, 0.05) is 33.3 Å². The molecule has 0 aliphatic heterocycles. The van der Waals surface area contributed by atoms with Crippen molar-refractivity contribution in [1.29, 1.82) is 0 Å². The van der Waals surface area contributed by atoms with E-state index in [4.69, 9.17) is 0 Å². The second-order valence-corrected chi connectivity index (χ2v) is 5.56. The number of Topliss-reactive ketones (excluding diaryl/α,β-unsaturated/α-hetero) is 1. The molecule has 0 saturated carbocycles. The Bertz CT molecular complexity index is 601. The van der Waals surface area contributed by atoms with Gasteiger partial charge in [0.1, 0.15) is 5.82 Å². The van der Waals surface area contributed by atoms with E-state index in [9.17, 15) is 9.18 Å². The van der Waals surface area contributed by atoms with Crippen molar-refractivity contribution in [3.05, 3.63) is 62.5 Å². The summed E-state index contributed by atoms with van der Waals surface area (Å²) in [5.74, 6) is -0.550. The molecule has 0 bridgehead atoms. The number of halogens is 3. The number of hydrogen-bond donors (Lipinski definition) is 0. The smallest absolute Gasteiger partial charge is 0.168 e. The van der Waals surface area contributed by atoms with E-state index in [0.29, 0.717) is 15.6 Å². The highest BCUT2D eigenvalue weighted by Crippen LogP contribution is 2.18. The van der Waals surface area contributed by atoms with Gasteiger partial charge >= 0.3 is 0 Å². The van der Waals surface area contributed by atoms with Crippen LogP contribution in [0.4, 0.5) is 4.39 Å². The summed E-state index contributed by atoms with van der Waals surface area (Å²) in [4.78, 5) is 15.9. The van der Waals surface area contributed by atoms with Gasteiger partial charge in [-0.1, -0.05) is 22.0 Å². The predicted octanol–water partition coefficient (Wildman–Crippen LogP) is 4.17. The molecule has 5 heteroatoms. The first-order chi connectivity index (χ1) is 8.56. The quantitative estimate of drug-likeness (QED) is 0.757. The zero-order valence-corrected chi connectivity index (χ0v) is 12.3. The zero-order valence-electron chi connectivity index (χ0n) is 9.16. The summed E-state index contributed by atoms with van der Waals surface area (Å²) in [6.45, 7) is 0. The number of benzene rings is 1. The van der Waals surface area contributed by atoms with Gasteiger partial charge in [-0.3, -0.25) is 9.78 Å². The van der Waals surface area contributed by atoms with E-state index < -0.39 is 0 Å². The first-order valence-electron chi connectivity index (χ1n) is 5.14. The lowest BCUT2D eigenvalue weighted by atomic mass is 10.0. The Morgan fingerprint density at radius 3 is 2.61 bits per heavy atom. The average molecular weight is 373 g/mol. The Balaban J connectivity index is 2.21. The lowest BCUT2D eigenvalue weighted by Gasteiger charge is -2.03. The van der Waals surface area contributed by atoms with Crippen LogP contribution in [0.3, 0.4) is 0 Å². The maximum absolute atomic E-state index is 13.6. The summed E-state index contributed by atoms with van der Waals surface area (Å²) >= 11 is 6.42. The maximum atomic E-state index is 13.6. The van der Waals surface area contributed by atoms with E-state index in [1.165, 1.54) is 12.3 Å². The van der Waals surface area contributed by atoms with E-state index >= 15 is 0 Å². The van der Waals surface area contributed by atoms with Crippen LogP contribution in [-0.4, -0.2) is 10.8 Å². The van der Waals surface area contributed by atoms with Gasteiger partial charge < -0.3 is 0 Å². The molecule has 18 heavy (non-hydrogen) atoms. The van der Waals surface area contributed by atoms with Gasteiger partial charge in [-0.15, -0.1) is 0 Å². The molecule has 0 saturated heterocycles. The molecule has 0 aliphatic carbocycles. The van der Waals surface area contributed by atoms with Crippen molar-refractivity contribution in [2.75, 3.05) is 0 Å². The van der Waals surface area contributed by atoms with E-state index in [0.717, 1.165) is 4.47 Å². The van der Waals surface area contributed by atoms with E-state index in [1.807, 2.05) is 0 Å². The highest BCUT2D eigenvalue weighted by molar-refractivity contribution is 9.10. The molecule has 2 nitrogen and oxygen atoms in total. The Hall–Kier alpha value is -1.07. The highest BCUT2D eigenvalue weighted by Gasteiger charge is 2.11. The summed E-state index contributed by atoms with van der Waals surface area (Å²) < 4.78 is 15.0. The summed E-state index contributed by atoms with van der Waals surface area (Å²) in [5.41, 5.74) is 0.842. The van der Waals surface area contributed by atoms with Gasteiger partial charge in [0.05, 0.1) is 0 Å². The van der Waals surface area contributed by atoms with Gasteiger partial charge in [-0.05, 0) is 39.7 Å². The summed E-state index contributed by atoms with van der Waals surface area (Å²) in [6, 6.07) is 6.33. The molecule has 0 spiro atoms. The molecular weight excluding hydrogens is 365 g/mol. The van der Waals surface area contributed by atoms with Crippen molar-refractivity contribution < 1.29 is 9.18 Å². The molecule has 0 radical (unpaired) electrons. The van der Waals surface area contributed by atoms with Gasteiger partial charge in [-0.25, -0.2) is 4.39 Å². The standard InChI is InChI=1S/C13H8Br2FNO/c14-10-2-1-8(12(16)5-10)4-13(18)9-3-11(15)7-17-6-9/h1-3,5-7H,4H2. The van der Waals surface area contributed by atoms with Crippen molar-refractivity contribution >= 4 is 37.6 Å². The maximum Gasteiger partial charge on any atom is 0.168 e. The second-order valence-electron chi connectivity index (χ2n) is 3.73. The van der Waals surface area contributed by atoms with Crippen LogP contribution < -0.4 is 0 Å². The fourth-order valence-electron chi connectivity index (χ4n) is 1.50. The molecule has 92 valence electrons. The fraction of sp³-hybridized carbons (Fsp3) is 0.0769. The average Bonchev–Trinajstić information content (AvgIpc) is 2.32. The molecule has 0 atom stereocenters. The molecule has 2 rings (SSSR count). The number of pyridine rings is 1. The van der Waals surface area contributed by atoms with Crippen LogP contribution in [0.15, 0.2) is 45.6 Å². The Kier molecular flexibility index (Phi) is 4.24. The third-order valence-electron chi connectivity index (χ3n) is 2.39. The zero-order chi connectivity index (χ0) is 13.1. The number of carbonyl (C=O) groups excluding carboxylic acids is 1. The molecule has 0 N–H and O–H groups in total. The number of carbonyl (C=O) groups is 1. The van der Waals surface area contributed by atoms with Crippen LogP contribution in [0.5, 0.6) is 0 Å². The summed E-state index contributed by atoms with van der Waals surface area (Å²) in [7, 11) is 0. The monoisotopic (exact) mass is 371 g/mol. The molecule has 0 amide bonds. The van der Waals surface area contributed by atoms with E-state index in [1.54, 1.807) is 24.4 Å². The van der Waals surface area contributed by atoms with Crippen LogP contribution >= 0.6 is 31.9 Å². The minimum absolute atomic E-state index is 0.0250. The van der Waals surface area contributed by atoms with Crippen molar-refractivity contribution in [1.82, 2.24) is 4.98 Å². The Labute approximate surface area is 121 Å². The number of ketones is 1. The minimum atomic E-state index is -0.388.